The third-order valence-electron chi connectivity index (χ3n) is 8.07. The molecule has 44 heavy (non-hydrogen) atoms. The number of benzene rings is 2. The molecule has 2 aromatic heterocycles. The molecular formula is C30H30ClN5O6S2. The molecule has 2 aromatic carbocycles. The van der Waals surface area contributed by atoms with Gasteiger partial charge in [0.15, 0.2) is 0 Å². The van der Waals surface area contributed by atoms with Crippen LogP contribution in [0, 0.1) is 0 Å². The molecule has 0 aliphatic carbocycles. The van der Waals surface area contributed by atoms with Crippen molar-refractivity contribution in [3.8, 4) is 0 Å². The Labute approximate surface area is 262 Å². The summed E-state index contributed by atoms with van der Waals surface area (Å²) in [7, 11) is -3.98. The number of fused-ring (bicyclic) bond motifs is 2. The maximum Gasteiger partial charge on any atom is 0.252 e. The van der Waals surface area contributed by atoms with Crippen molar-refractivity contribution in [2.75, 3.05) is 26.2 Å². The Bertz CT molecular complexity index is 1940. The highest BCUT2D eigenvalue weighted by Gasteiger charge is 2.36. The van der Waals surface area contributed by atoms with Crippen molar-refractivity contribution in [2.24, 2.45) is 0 Å². The lowest BCUT2D eigenvalue weighted by Crippen LogP contribution is -2.55. The van der Waals surface area contributed by atoms with Crippen molar-refractivity contribution in [2.45, 2.75) is 42.0 Å². The molecule has 230 valence electrons. The van der Waals surface area contributed by atoms with Crippen LogP contribution < -0.4 is 15.6 Å². The first-order chi connectivity index (χ1) is 21.1. The molecule has 4 heterocycles. The molecule has 0 radical (unpaired) electrons. The van der Waals surface area contributed by atoms with Crippen molar-refractivity contribution in [1.82, 2.24) is 24.8 Å². The van der Waals surface area contributed by atoms with E-state index in [4.69, 9.17) is 11.6 Å². The van der Waals surface area contributed by atoms with Crippen molar-refractivity contribution < 1.29 is 22.8 Å². The fourth-order valence-electron chi connectivity index (χ4n) is 5.90. The van der Waals surface area contributed by atoms with Crippen LogP contribution in [0.5, 0.6) is 0 Å². The predicted molar refractivity (Wildman–Crippen MR) is 168 cm³/mol. The number of likely N-dealkylation sites (tertiary alicyclic amines) is 2. The Morgan fingerprint density at radius 3 is 2.66 bits per heavy atom. The lowest BCUT2D eigenvalue weighted by atomic mass is 10.1. The molecule has 0 saturated carbocycles. The van der Waals surface area contributed by atoms with Crippen molar-refractivity contribution >= 4 is 71.7 Å². The highest BCUT2D eigenvalue weighted by Crippen LogP contribution is 2.31. The van der Waals surface area contributed by atoms with E-state index < -0.39 is 27.9 Å². The third-order valence-corrected chi connectivity index (χ3v) is 11.4. The standard InChI is InChI=1S/C30H30ClN5O6S2/c31-19-9-10-25-18(13-19)14-28(43-25)44(41,42)34-24-8-4-11-35(30(24)40)17-27(38)36-12-3-5-20(36)16-32-29(39)22-15-26(37)33-23-7-2-1-6-21(22)23/h1-2,6-7,9-10,13-15,20,24,34H,3-5,8,11-12,16-17H2,(H,32,39)(H,33,37). The lowest BCUT2D eigenvalue weighted by molar-refractivity contribution is -0.143. The van der Waals surface area contributed by atoms with Crippen LogP contribution in [0.25, 0.3) is 21.0 Å². The number of aromatic amines is 1. The Balaban J connectivity index is 1.08. The molecular weight excluding hydrogens is 626 g/mol. The van der Waals surface area contributed by atoms with Gasteiger partial charge in [-0.15, -0.1) is 11.3 Å². The number of piperidine rings is 1. The van der Waals surface area contributed by atoms with E-state index in [0.29, 0.717) is 53.7 Å². The second-order valence-corrected chi connectivity index (χ2v) is 14.5. The van der Waals surface area contributed by atoms with Crippen molar-refractivity contribution in [3.63, 3.8) is 0 Å². The Hall–Kier alpha value is -3.78. The largest absolute Gasteiger partial charge is 0.350 e. The van der Waals surface area contributed by atoms with Crippen LogP contribution in [0.15, 0.2) is 63.6 Å². The summed E-state index contributed by atoms with van der Waals surface area (Å²) in [6.45, 7) is 0.848. The normalized spacial score (nSPS) is 19.2. The molecule has 0 spiro atoms. The highest BCUT2D eigenvalue weighted by atomic mass is 35.5. The van der Waals surface area contributed by atoms with E-state index in [2.05, 4.69) is 15.0 Å². The van der Waals surface area contributed by atoms with E-state index in [0.717, 1.165) is 22.5 Å². The average molecular weight is 656 g/mol. The number of H-pyrrole nitrogens is 1. The van der Waals surface area contributed by atoms with Gasteiger partial charge in [0.2, 0.25) is 17.4 Å². The SMILES string of the molecule is O=C(NCC1CCCN1C(=O)CN1CCCC(NS(=O)(=O)c2cc3cc(Cl)ccc3s2)C1=O)c1cc(=O)[nH]c2ccccc12. The summed E-state index contributed by atoms with van der Waals surface area (Å²) in [6, 6.07) is 13.7. The van der Waals surface area contributed by atoms with Gasteiger partial charge in [-0.3, -0.25) is 19.2 Å². The number of pyridine rings is 1. The molecule has 2 atom stereocenters. The van der Waals surface area contributed by atoms with Crippen LogP contribution in [0.1, 0.15) is 36.0 Å². The summed E-state index contributed by atoms with van der Waals surface area (Å²) in [5.74, 6) is -1.11. The van der Waals surface area contributed by atoms with E-state index in [9.17, 15) is 27.6 Å². The first kappa shape index (κ1) is 30.3. The Morgan fingerprint density at radius 1 is 1.02 bits per heavy atom. The smallest absolute Gasteiger partial charge is 0.252 e. The zero-order valence-electron chi connectivity index (χ0n) is 23.5. The molecule has 11 nitrogen and oxygen atoms in total. The monoisotopic (exact) mass is 655 g/mol. The topological polar surface area (TPSA) is 149 Å². The molecule has 2 saturated heterocycles. The van der Waals surface area contributed by atoms with Crippen LogP contribution in [-0.2, 0) is 19.6 Å². The zero-order chi connectivity index (χ0) is 31.0. The van der Waals surface area contributed by atoms with Crippen LogP contribution in [0.3, 0.4) is 0 Å². The van der Waals surface area contributed by atoms with E-state index in [1.165, 1.54) is 17.0 Å². The van der Waals surface area contributed by atoms with Gasteiger partial charge in [-0.25, -0.2) is 8.42 Å². The molecule has 2 aliphatic heterocycles. The fraction of sp³-hybridized carbons (Fsp3) is 0.333. The van der Waals surface area contributed by atoms with Crippen LogP contribution in [0.4, 0.5) is 0 Å². The van der Waals surface area contributed by atoms with E-state index in [1.54, 1.807) is 47.4 Å². The predicted octanol–water partition coefficient (Wildman–Crippen LogP) is 3.09. The number of hydrogen-bond donors (Lipinski definition) is 3. The lowest BCUT2D eigenvalue weighted by Gasteiger charge is -2.34. The van der Waals surface area contributed by atoms with Gasteiger partial charge in [-0.2, -0.15) is 4.72 Å². The number of hydrogen-bond acceptors (Lipinski definition) is 7. The molecule has 6 rings (SSSR count). The summed E-state index contributed by atoms with van der Waals surface area (Å²) in [4.78, 5) is 57.6. The summed E-state index contributed by atoms with van der Waals surface area (Å²) >= 11 is 7.14. The number of amides is 3. The maximum atomic E-state index is 13.4. The van der Waals surface area contributed by atoms with Gasteiger partial charge < -0.3 is 20.1 Å². The summed E-state index contributed by atoms with van der Waals surface area (Å²) in [6.07, 6.45) is 2.29. The fourth-order valence-corrected chi connectivity index (χ4v) is 8.70. The van der Waals surface area contributed by atoms with E-state index in [1.807, 2.05) is 0 Å². The zero-order valence-corrected chi connectivity index (χ0v) is 25.9. The second-order valence-electron chi connectivity index (χ2n) is 11.0. The van der Waals surface area contributed by atoms with E-state index in [-0.39, 0.29) is 40.4 Å². The molecule has 3 amide bonds. The number of aromatic nitrogens is 1. The van der Waals surface area contributed by atoms with E-state index >= 15 is 0 Å². The number of carbonyl (C=O) groups is 3. The third kappa shape index (κ3) is 6.23. The van der Waals surface area contributed by atoms with Crippen LogP contribution in [-0.4, -0.2) is 79.2 Å². The van der Waals surface area contributed by atoms with Crippen molar-refractivity contribution in [1.29, 1.82) is 0 Å². The summed E-state index contributed by atoms with van der Waals surface area (Å²) in [5, 5.41) is 4.69. The minimum absolute atomic E-state index is 0.0887. The van der Waals surface area contributed by atoms with Gasteiger partial charge >= 0.3 is 0 Å². The summed E-state index contributed by atoms with van der Waals surface area (Å²) in [5.41, 5.74) is 0.433. The summed E-state index contributed by atoms with van der Waals surface area (Å²) < 4.78 is 29.7. The number of nitrogens with zero attached hydrogens (tertiary/aromatic N) is 2. The number of nitrogens with one attached hydrogen (secondary N) is 3. The number of halogens is 1. The molecule has 2 aliphatic rings. The van der Waals surface area contributed by atoms with Crippen LogP contribution in [0.2, 0.25) is 5.02 Å². The molecule has 3 N–H and O–H groups in total. The molecule has 14 heteroatoms. The number of rotatable bonds is 8. The number of carbonyl (C=O) groups excluding carboxylic acids is 3. The first-order valence-corrected chi connectivity index (χ1v) is 17.0. The Kier molecular flexibility index (Phi) is 8.46. The molecule has 2 fully saturated rings. The van der Waals surface area contributed by atoms with Gasteiger partial charge in [0.1, 0.15) is 10.3 Å². The van der Waals surface area contributed by atoms with Gasteiger partial charge in [0.25, 0.3) is 15.9 Å². The quantitative estimate of drug-likeness (QED) is 0.266. The van der Waals surface area contributed by atoms with Gasteiger partial charge in [0, 0.05) is 52.4 Å². The number of thiophene rings is 1. The highest BCUT2D eigenvalue weighted by molar-refractivity contribution is 7.91. The van der Waals surface area contributed by atoms with Gasteiger partial charge in [-0.1, -0.05) is 29.8 Å². The van der Waals surface area contributed by atoms with Crippen LogP contribution >= 0.6 is 22.9 Å². The second kappa shape index (κ2) is 12.3. The van der Waals surface area contributed by atoms with Gasteiger partial charge in [-0.05, 0) is 61.4 Å². The average Bonchev–Trinajstić information content (AvgIpc) is 3.65. The molecule has 2 unspecified atom stereocenters. The number of para-hydroxylation sites is 1. The van der Waals surface area contributed by atoms with Gasteiger partial charge in [0.05, 0.1) is 12.1 Å². The molecule has 4 aromatic rings. The minimum atomic E-state index is -3.98. The first-order valence-electron chi connectivity index (χ1n) is 14.3. The Morgan fingerprint density at radius 2 is 1.82 bits per heavy atom. The number of sulfonamides is 1. The van der Waals surface area contributed by atoms with Crippen molar-refractivity contribution in [3.05, 3.63) is 75.5 Å². The molecule has 0 bridgehead atoms. The minimum Gasteiger partial charge on any atom is -0.350 e. The maximum absolute atomic E-state index is 13.4.